The van der Waals surface area contributed by atoms with E-state index in [4.69, 9.17) is 5.11 Å². The van der Waals surface area contributed by atoms with Gasteiger partial charge in [0.05, 0.1) is 11.3 Å². The molecule has 0 aliphatic heterocycles. The summed E-state index contributed by atoms with van der Waals surface area (Å²) in [6.45, 7) is 1.77. The van der Waals surface area contributed by atoms with E-state index in [0.29, 0.717) is 5.00 Å². The van der Waals surface area contributed by atoms with E-state index in [1.165, 1.54) is 5.51 Å². The van der Waals surface area contributed by atoms with E-state index < -0.39 is 15.8 Å². The summed E-state index contributed by atoms with van der Waals surface area (Å²) in [5, 5.41) is 11.9. The van der Waals surface area contributed by atoms with E-state index in [9.17, 15) is 13.2 Å². The van der Waals surface area contributed by atoms with Crippen molar-refractivity contribution in [1.82, 2.24) is 4.98 Å². The van der Waals surface area contributed by atoms with Crippen LogP contribution < -0.4 is 5.32 Å². The first-order valence-electron chi connectivity index (χ1n) is 4.57. The number of anilines is 1. The van der Waals surface area contributed by atoms with Crippen LogP contribution in [0.15, 0.2) is 5.51 Å². The molecule has 2 N–H and O–H groups in total. The van der Waals surface area contributed by atoms with Crippen LogP contribution in [0.25, 0.3) is 0 Å². The smallest absolute Gasteiger partial charge is 0.357 e. The van der Waals surface area contributed by atoms with Gasteiger partial charge in [0.25, 0.3) is 0 Å². The second-order valence-corrected chi connectivity index (χ2v) is 6.33. The van der Waals surface area contributed by atoms with E-state index in [0.717, 1.165) is 11.3 Å². The molecule has 0 atom stereocenters. The molecule has 16 heavy (non-hydrogen) atoms. The quantitative estimate of drug-likeness (QED) is 0.784. The normalized spacial score (nSPS) is 11.3. The van der Waals surface area contributed by atoms with E-state index in [2.05, 4.69) is 10.3 Å². The second kappa shape index (κ2) is 5.26. The number of carbonyl (C=O) groups is 1. The van der Waals surface area contributed by atoms with Crippen molar-refractivity contribution in [3.05, 3.63) is 11.2 Å². The molecule has 0 saturated heterocycles. The van der Waals surface area contributed by atoms with Gasteiger partial charge in [0.1, 0.15) is 5.00 Å². The summed E-state index contributed by atoms with van der Waals surface area (Å²) in [6, 6.07) is 0. The van der Waals surface area contributed by atoms with E-state index in [1.54, 1.807) is 6.92 Å². The third kappa shape index (κ3) is 3.46. The predicted molar refractivity (Wildman–Crippen MR) is 61.9 cm³/mol. The van der Waals surface area contributed by atoms with Gasteiger partial charge in [0.2, 0.25) is 0 Å². The van der Waals surface area contributed by atoms with Crippen molar-refractivity contribution < 1.29 is 18.3 Å². The highest BCUT2D eigenvalue weighted by Gasteiger charge is 2.14. The summed E-state index contributed by atoms with van der Waals surface area (Å²) in [5.41, 5.74) is 1.33. The first-order valence-corrected chi connectivity index (χ1v) is 7.27. The van der Waals surface area contributed by atoms with Crippen LogP contribution in [0.3, 0.4) is 0 Å². The van der Waals surface area contributed by atoms with Crippen LogP contribution in [0.2, 0.25) is 0 Å². The highest BCUT2D eigenvalue weighted by molar-refractivity contribution is 7.91. The summed E-state index contributed by atoms with van der Waals surface area (Å²) in [5.74, 6) is -1.05. The monoisotopic (exact) mass is 264 g/mol. The lowest BCUT2D eigenvalue weighted by Gasteiger charge is -2.04. The minimum Gasteiger partial charge on any atom is -0.476 e. The maximum Gasteiger partial charge on any atom is 0.357 e. The Balaban J connectivity index is 2.56. The molecule has 0 radical (unpaired) electrons. The lowest BCUT2D eigenvalue weighted by molar-refractivity contribution is 0.0692. The number of rotatable bonds is 6. The van der Waals surface area contributed by atoms with Gasteiger partial charge in [-0.25, -0.2) is 18.2 Å². The zero-order valence-electron chi connectivity index (χ0n) is 8.63. The number of nitrogens with zero attached hydrogens (tertiary/aromatic N) is 1. The number of nitrogens with one attached hydrogen (secondary N) is 1. The topological polar surface area (TPSA) is 96.4 Å². The van der Waals surface area contributed by atoms with Crippen LogP contribution in [0.5, 0.6) is 0 Å². The van der Waals surface area contributed by atoms with Crippen molar-refractivity contribution in [2.45, 2.75) is 6.92 Å². The fourth-order valence-corrected chi connectivity index (χ4v) is 2.39. The van der Waals surface area contributed by atoms with Gasteiger partial charge in [-0.3, -0.25) is 0 Å². The molecule has 0 aliphatic carbocycles. The molecule has 90 valence electrons. The Morgan fingerprint density at radius 3 is 2.88 bits per heavy atom. The number of aromatic carboxylic acids is 1. The molecule has 0 spiro atoms. The summed E-state index contributed by atoms with van der Waals surface area (Å²) >= 11 is 1.14. The van der Waals surface area contributed by atoms with Crippen LogP contribution in [0.4, 0.5) is 5.00 Å². The molecule has 1 aromatic rings. The zero-order valence-corrected chi connectivity index (χ0v) is 10.3. The van der Waals surface area contributed by atoms with Gasteiger partial charge in [-0.2, -0.15) is 0 Å². The fraction of sp³-hybridized carbons (Fsp3) is 0.500. The first kappa shape index (κ1) is 12.9. The molecule has 0 unspecified atom stereocenters. The zero-order chi connectivity index (χ0) is 12.2. The van der Waals surface area contributed by atoms with Crippen LogP contribution in [0.1, 0.15) is 17.4 Å². The van der Waals surface area contributed by atoms with Crippen molar-refractivity contribution in [3.8, 4) is 0 Å². The Labute approximate surface area is 97.2 Å². The van der Waals surface area contributed by atoms with Gasteiger partial charge in [-0.15, -0.1) is 11.3 Å². The number of thiazole rings is 1. The molecule has 0 aliphatic rings. The number of sulfone groups is 1. The minimum absolute atomic E-state index is 0.0134. The number of hydrogen-bond donors (Lipinski definition) is 2. The number of hydrogen-bond acceptors (Lipinski definition) is 6. The number of aromatic nitrogens is 1. The molecule has 0 bridgehead atoms. The molecule has 1 heterocycles. The first-order chi connectivity index (χ1) is 7.46. The SMILES string of the molecule is CCS(=O)(=O)CCNc1scnc1C(=O)O. The Bertz CT molecular complexity index is 466. The number of carboxylic acids is 1. The molecule has 6 nitrogen and oxygen atoms in total. The van der Waals surface area contributed by atoms with Gasteiger partial charge >= 0.3 is 5.97 Å². The third-order valence-corrected chi connectivity index (χ3v) is 4.40. The van der Waals surface area contributed by atoms with Gasteiger partial charge in [0, 0.05) is 12.3 Å². The lowest BCUT2D eigenvalue weighted by Crippen LogP contribution is -2.17. The van der Waals surface area contributed by atoms with Gasteiger partial charge in [0.15, 0.2) is 15.5 Å². The molecule has 0 aromatic carbocycles. The Kier molecular flexibility index (Phi) is 4.25. The largest absolute Gasteiger partial charge is 0.476 e. The van der Waals surface area contributed by atoms with Crippen molar-refractivity contribution >= 4 is 32.1 Å². The Morgan fingerprint density at radius 1 is 1.62 bits per heavy atom. The third-order valence-electron chi connectivity index (χ3n) is 1.91. The van der Waals surface area contributed by atoms with Crippen molar-refractivity contribution in [1.29, 1.82) is 0 Å². The maximum absolute atomic E-state index is 11.2. The summed E-state index contributed by atoms with van der Waals surface area (Å²) < 4.78 is 22.4. The molecule has 0 saturated carbocycles. The van der Waals surface area contributed by atoms with E-state index >= 15 is 0 Å². The number of carboxylic acid groups (broad SMARTS) is 1. The van der Waals surface area contributed by atoms with Crippen molar-refractivity contribution in [2.24, 2.45) is 0 Å². The van der Waals surface area contributed by atoms with Crippen LogP contribution in [-0.4, -0.2) is 42.5 Å². The molecule has 0 fully saturated rings. The van der Waals surface area contributed by atoms with E-state index in [-0.39, 0.29) is 23.7 Å². The molecular formula is C8H12N2O4S2. The summed E-state index contributed by atoms with van der Waals surface area (Å²) in [6.07, 6.45) is 0. The standard InChI is InChI=1S/C8H12N2O4S2/c1-2-16(13,14)4-3-9-7-6(8(11)12)10-5-15-7/h5,9H,2-4H2,1H3,(H,11,12). The molecule has 0 amide bonds. The minimum atomic E-state index is -3.03. The van der Waals surface area contributed by atoms with Crippen LogP contribution in [-0.2, 0) is 9.84 Å². The van der Waals surface area contributed by atoms with Gasteiger partial charge in [-0.05, 0) is 0 Å². The van der Waals surface area contributed by atoms with Crippen LogP contribution in [0, 0.1) is 0 Å². The average Bonchev–Trinajstić information content (AvgIpc) is 2.66. The second-order valence-electron chi connectivity index (χ2n) is 3.00. The highest BCUT2D eigenvalue weighted by Crippen LogP contribution is 2.19. The van der Waals surface area contributed by atoms with Crippen LogP contribution >= 0.6 is 11.3 Å². The average molecular weight is 264 g/mol. The Hall–Kier alpha value is -1.15. The molecule has 8 heteroatoms. The Morgan fingerprint density at radius 2 is 2.31 bits per heavy atom. The summed E-state index contributed by atoms with van der Waals surface area (Å²) in [7, 11) is -3.03. The molecule has 1 rings (SSSR count). The highest BCUT2D eigenvalue weighted by atomic mass is 32.2. The van der Waals surface area contributed by atoms with E-state index in [1.807, 2.05) is 0 Å². The fourth-order valence-electron chi connectivity index (χ4n) is 0.988. The van der Waals surface area contributed by atoms with Gasteiger partial charge < -0.3 is 10.4 Å². The molecule has 1 aromatic heterocycles. The van der Waals surface area contributed by atoms with Gasteiger partial charge in [-0.1, -0.05) is 6.92 Å². The van der Waals surface area contributed by atoms with Crippen molar-refractivity contribution in [3.63, 3.8) is 0 Å². The lowest BCUT2D eigenvalue weighted by atomic mass is 10.4. The van der Waals surface area contributed by atoms with Crippen molar-refractivity contribution in [2.75, 3.05) is 23.4 Å². The predicted octanol–water partition coefficient (Wildman–Crippen LogP) is 0.688. The summed E-state index contributed by atoms with van der Waals surface area (Å²) in [4.78, 5) is 14.3. The maximum atomic E-state index is 11.2. The molecular weight excluding hydrogens is 252 g/mol.